The number of nitrogens with zero attached hydrogens (tertiary/aromatic N) is 4. The Hall–Kier alpha value is -1.96. The Kier molecular flexibility index (Phi) is 4.33. The van der Waals surface area contributed by atoms with E-state index in [2.05, 4.69) is 9.97 Å². The zero-order valence-corrected chi connectivity index (χ0v) is 11.7. The summed E-state index contributed by atoms with van der Waals surface area (Å²) in [5, 5.41) is 11.2. The summed E-state index contributed by atoms with van der Waals surface area (Å²) in [6, 6.07) is 0. The normalized spacial score (nSPS) is 16.1. The fourth-order valence-corrected chi connectivity index (χ4v) is 2.46. The Morgan fingerprint density at radius 1 is 1.45 bits per heavy atom. The lowest BCUT2D eigenvalue weighted by Gasteiger charge is -2.27. The molecular formula is C12H19N5O3. The molecule has 0 atom stereocenters. The smallest absolute Gasteiger partial charge is 0.332 e. The molecule has 2 rings (SSSR count). The van der Waals surface area contributed by atoms with Crippen LogP contribution in [0.1, 0.15) is 18.5 Å². The van der Waals surface area contributed by atoms with Crippen molar-refractivity contribution in [3.63, 3.8) is 0 Å². The second-order valence-electron chi connectivity index (χ2n) is 5.03. The summed E-state index contributed by atoms with van der Waals surface area (Å²) in [6.45, 7) is 3.75. The van der Waals surface area contributed by atoms with E-state index < -0.39 is 4.92 Å². The Labute approximate surface area is 117 Å². The van der Waals surface area contributed by atoms with Crippen molar-refractivity contribution in [3.05, 3.63) is 15.8 Å². The minimum absolute atomic E-state index is 0.0573. The Balaban J connectivity index is 2.23. The highest BCUT2D eigenvalue weighted by atomic mass is 16.6. The van der Waals surface area contributed by atoms with Gasteiger partial charge in [-0.1, -0.05) is 0 Å². The van der Waals surface area contributed by atoms with Gasteiger partial charge in [-0.05, 0) is 25.7 Å². The zero-order chi connectivity index (χ0) is 14.7. The Bertz CT molecular complexity index is 502. The van der Waals surface area contributed by atoms with E-state index in [-0.39, 0.29) is 23.1 Å². The van der Waals surface area contributed by atoms with E-state index in [0.29, 0.717) is 12.5 Å². The predicted octanol–water partition coefficient (Wildman–Crippen LogP) is 1.14. The molecule has 0 unspecified atom stereocenters. The quantitative estimate of drug-likeness (QED) is 0.651. The van der Waals surface area contributed by atoms with Crippen LogP contribution in [0.4, 0.5) is 17.5 Å². The van der Waals surface area contributed by atoms with Crippen LogP contribution in [0.3, 0.4) is 0 Å². The van der Waals surface area contributed by atoms with E-state index in [1.807, 2.05) is 0 Å². The molecule has 110 valence electrons. The molecule has 0 aliphatic carbocycles. The van der Waals surface area contributed by atoms with Crippen LogP contribution in [0.5, 0.6) is 0 Å². The van der Waals surface area contributed by atoms with E-state index in [1.165, 1.54) is 0 Å². The third-order valence-corrected chi connectivity index (χ3v) is 3.47. The van der Waals surface area contributed by atoms with Gasteiger partial charge in [0.15, 0.2) is 0 Å². The monoisotopic (exact) mass is 281 g/mol. The summed E-state index contributed by atoms with van der Waals surface area (Å²) >= 11 is 0. The van der Waals surface area contributed by atoms with Crippen molar-refractivity contribution in [2.24, 2.45) is 5.92 Å². The number of hydrogen-bond acceptors (Lipinski definition) is 7. The van der Waals surface area contributed by atoms with Gasteiger partial charge in [0.1, 0.15) is 5.69 Å². The summed E-state index contributed by atoms with van der Waals surface area (Å²) < 4.78 is 5.31. The van der Waals surface area contributed by atoms with E-state index in [0.717, 1.165) is 26.1 Å². The first-order valence-electron chi connectivity index (χ1n) is 6.56. The third kappa shape index (κ3) is 3.13. The number of hydrogen-bond donors (Lipinski definition) is 1. The van der Waals surface area contributed by atoms with Gasteiger partial charge in [0.2, 0.25) is 11.8 Å². The number of nitrogens with two attached hydrogens (primary N) is 1. The number of anilines is 2. The average Bonchev–Trinajstić information content (AvgIpc) is 2.38. The van der Waals surface area contributed by atoms with Gasteiger partial charge < -0.3 is 15.4 Å². The number of aryl methyl sites for hydroxylation is 1. The summed E-state index contributed by atoms with van der Waals surface area (Å²) in [4.78, 5) is 20.4. The van der Waals surface area contributed by atoms with Crippen molar-refractivity contribution in [2.45, 2.75) is 19.8 Å². The summed E-state index contributed by atoms with van der Waals surface area (Å²) in [7, 11) is 1.80. The van der Waals surface area contributed by atoms with Crippen molar-refractivity contribution < 1.29 is 9.66 Å². The number of ether oxygens (including phenoxy) is 1. The molecule has 8 heteroatoms. The first-order chi connectivity index (χ1) is 9.49. The number of nitrogen functional groups attached to an aromatic ring is 1. The van der Waals surface area contributed by atoms with Crippen LogP contribution in [0, 0.1) is 23.0 Å². The van der Waals surface area contributed by atoms with Crippen molar-refractivity contribution >= 4 is 17.5 Å². The van der Waals surface area contributed by atoms with E-state index in [9.17, 15) is 10.1 Å². The number of aromatic nitrogens is 2. The summed E-state index contributed by atoms with van der Waals surface area (Å²) in [5.41, 5.74) is 5.82. The number of rotatable bonds is 4. The van der Waals surface area contributed by atoms with Gasteiger partial charge in [-0.25, -0.2) is 4.98 Å². The second-order valence-corrected chi connectivity index (χ2v) is 5.03. The molecular weight excluding hydrogens is 262 g/mol. The summed E-state index contributed by atoms with van der Waals surface area (Å²) in [5.74, 6) is 0.790. The maximum absolute atomic E-state index is 11.2. The van der Waals surface area contributed by atoms with Gasteiger partial charge in [0, 0.05) is 26.8 Å². The molecule has 2 heterocycles. The lowest BCUT2D eigenvalue weighted by Crippen LogP contribution is -2.31. The van der Waals surface area contributed by atoms with Crippen LogP contribution < -0.4 is 10.6 Å². The minimum atomic E-state index is -0.454. The predicted molar refractivity (Wildman–Crippen MR) is 74.6 cm³/mol. The van der Waals surface area contributed by atoms with Gasteiger partial charge >= 0.3 is 5.69 Å². The highest BCUT2D eigenvalue weighted by Crippen LogP contribution is 2.29. The molecule has 0 amide bonds. The molecule has 20 heavy (non-hydrogen) atoms. The van der Waals surface area contributed by atoms with E-state index >= 15 is 0 Å². The van der Waals surface area contributed by atoms with Crippen molar-refractivity contribution in [3.8, 4) is 0 Å². The molecule has 0 aromatic carbocycles. The number of nitro groups is 1. The molecule has 1 aromatic heterocycles. The first kappa shape index (κ1) is 14.4. The van der Waals surface area contributed by atoms with Crippen molar-refractivity contribution in [2.75, 3.05) is 37.4 Å². The topological polar surface area (TPSA) is 107 Å². The van der Waals surface area contributed by atoms with Gasteiger partial charge in [-0.15, -0.1) is 0 Å². The Morgan fingerprint density at radius 2 is 2.10 bits per heavy atom. The van der Waals surface area contributed by atoms with Crippen LogP contribution in [0.2, 0.25) is 0 Å². The fraction of sp³-hybridized carbons (Fsp3) is 0.667. The molecule has 8 nitrogen and oxygen atoms in total. The SMILES string of the molecule is Cc1nc(N)nc(N(C)CC2CCOCC2)c1[N+](=O)[O-]. The van der Waals surface area contributed by atoms with Crippen LogP contribution in [-0.4, -0.2) is 41.7 Å². The molecule has 1 aromatic rings. The standard InChI is InChI=1S/C12H19N5O3/c1-8-10(17(18)19)11(15-12(13)14-8)16(2)7-9-3-5-20-6-4-9/h9H,3-7H2,1-2H3,(H2,13,14,15). The third-order valence-electron chi connectivity index (χ3n) is 3.47. The van der Waals surface area contributed by atoms with Gasteiger partial charge in [0.05, 0.1) is 4.92 Å². The minimum Gasteiger partial charge on any atom is -0.381 e. The molecule has 0 radical (unpaired) electrons. The lowest BCUT2D eigenvalue weighted by atomic mass is 10.00. The fourth-order valence-electron chi connectivity index (χ4n) is 2.46. The van der Waals surface area contributed by atoms with Gasteiger partial charge in [-0.3, -0.25) is 10.1 Å². The van der Waals surface area contributed by atoms with Gasteiger partial charge in [-0.2, -0.15) is 4.98 Å². The van der Waals surface area contributed by atoms with Crippen LogP contribution >= 0.6 is 0 Å². The molecule has 1 fully saturated rings. The van der Waals surface area contributed by atoms with E-state index in [1.54, 1.807) is 18.9 Å². The lowest BCUT2D eigenvalue weighted by molar-refractivity contribution is -0.385. The molecule has 2 N–H and O–H groups in total. The van der Waals surface area contributed by atoms with Crippen molar-refractivity contribution in [1.29, 1.82) is 0 Å². The molecule has 1 aliphatic heterocycles. The molecule has 1 aliphatic rings. The molecule has 0 saturated carbocycles. The van der Waals surface area contributed by atoms with Crippen LogP contribution in [0.15, 0.2) is 0 Å². The second kappa shape index (κ2) is 6.00. The van der Waals surface area contributed by atoms with Crippen molar-refractivity contribution in [1.82, 2.24) is 9.97 Å². The van der Waals surface area contributed by atoms with Crippen LogP contribution in [0.25, 0.3) is 0 Å². The highest BCUT2D eigenvalue weighted by molar-refractivity contribution is 5.61. The molecule has 0 bridgehead atoms. The Morgan fingerprint density at radius 3 is 2.70 bits per heavy atom. The average molecular weight is 281 g/mol. The highest BCUT2D eigenvalue weighted by Gasteiger charge is 2.26. The molecule has 0 spiro atoms. The maximum atomic E-state index is 11.2. The largest absolute Gasteiger partial charge is 0.381 e. The molecule has 1 saturated heterocycles. The zero-order valence-electron chi connectivity index (χ0n) is 11.7. The van der Waals surface area contributed by atoms with Gasteiger partial charge in [0.25, 0.3) is 0 Å². The summed E-state index contributed by atoms with van der Waals surface area (Å²) in [6.07, 6.45) is 1.91. The van der Waals surface area contributed by atoms with Crippen LogP contribution in [-0.2, 0) is 4.74 Å². The first-order valence-corrected chi connectivity index (χ1v) is 6.56. The van der Waals surface area contributed by atoms with E-state index in [4.69, 9.17) is 10.5 Å². The maximum Gasteiger partial charge on any atom is 0.332 e.